The molecule has 0 aromatic rings. The van der Waals surface area contributed by atoms with Gasteiger partial charge in [-0.1, -0.05) is 213 Å². The van der Waals surface area contributed by atoms with E-state index in [-0.39, 0.29) is 18.9 Å². The quantitative estimate of drug-likeness (QED) is 0.0330. The Morgan fingerprint density at radius 1 is 0.416 bits per heavy atom. The Bertz CT molecular complexity index is 1420. The van der Waals surface area contributed by atoms with Crippen LogP contribution in [-0.4, -0.2) is 193 Å². The molecule has 19 heteroatoms. The van der Waals surface area contributed by atoms with E-state index in [2.05, 4.69) is 19.2 Å². The van der Waals surface area contributed by atoms with Crippen molar-refractivity contribution in [3.8, 4) is 0 Å². The van der Waals surface area contributed by atoms with E-state index in [1.54, 1.807) is 0 Å². The van der Waals surface area contributed by atoms with E-state index in [9.17, 15) is 61.0 Å². The minimum absolute atomic E-state index is 0.240. The van der Waals surface area contributed by atoms with Crippen LogP contribution in [0.25, 0.3) is 0 Å². The van der Waals surface area contributed by atoms with Crippen molar-refractivity contribution in [1.29, 1.82) is 0 Å². The number of carbonyl (C=O) groups is 1. The van der Waals surface area contributed by atoms with Crippen LogP contribution < -0.4 is 5.32 Å². The van der Waals surface area contributed by atoms with E-state index in [1.165, 1.54) is 154 Å². The van der Waals surface area contributed by atoms with E-state index < -0.39 is 124 Å². The Morgan fingerprint density at radius 2 is 0.740 bits per heavy atom. The molecule has 0 saturated carbocycles. The summed E-state index contributed by atoms with van der Waals surface area (Å²) in [7, 11) is 0. The lowest BCUT2D eigenvalue weighted by Crippen LogP contribution is -2.66. The van der Waals surface area contributed by atoms with Crippen molar-refractivity contribution in [2.45, 2.75) is 336 Å². The summed E-state index contributed by atoms with van der Waals surface area (Å²) in [5, 5.41) is 120. The predicted molar refractivity (Wildman–Crippen MR) is 291 cm³/mol. The average Bonchev–Trinajstić information content (AvgIpc) is 3.43. The first-order valence-corrected chi connectivity index (χ1v) is 30.8. The number of carbonyl (C=O) groups excluding carboxylic acids is 1. The number of hydrogen-bond donors (Lipinski definition) is 12. The second kappa shape index (κ2) is 42.6. The molecule has 456 valence electrons. The van der Waals surface area contributed by atoms with Crippen molar-refractivity contribution in [1.82, 2.24) is 5.32 Å². The third-order valence-corrected chi connectivity index (χ3v) is 15.9. The molecule has 3 saturated heterocycles. The van der Waals surface area contributed by atoms with Crippen molar-refractivity contribution in [3.05, 3.63) is 0 Å². The van der Waals surface area contributed by atoms with Crippen molar-refractivity contribution >= 4 is 5.91 Å². The van der Waals surface area contributed by atoms with E-state index >= 15 is 0 Å². The van der Waals surface area contributed by atoms with Gasteiger partial charge < -0.3 is 89.9 Å². The van der Waals surface area contributed by atoms with Gasteiger partial charge in [0.1, 0.15) is 73.2 Å². The van der Waals surface area contributed by atoms with Gasteiger partial charge in [0.25, 0.3) is 0 Å². The molecule has 17 unspecified atom stereocenters. The summed E-state index contributed by atoms with van der Waals surface area (Å²) in [6.07, 6.45) is 13.3. The summed E-state index contributed by atoms with van der Waals surface area (Å²) in [6, 6.07) is -0.879. The van der Waals surface area contributed by atoms with Crippen molar-refractivity contribution < 1.29 is 89.4 Å². The molecule has 0 aromatic carbocycles. The van der Waals surface area contributed by atoms with Crippen LogP contribution in [0.1, 0.15) is 232 Å². The van der Waals surface area contributed by atoms with Crippen molar-refractivity contribution in [3.63, 3.8) is 0 Å². The summed E-state index contributed by atoms with van der Waals surface area (Å²) in [4.78, 5) is 13.3. The first kappa shape index (κ1) is 70.1. The molecule has 3 rings (SSSR count). The molecule has 12 N–H and O–H groups in total. The first-order valence-electron chi connectivity index (χ1n) is 30.8. The molecule has 0 radical (unpaired) electrons. The molecule has 77 heavy (non-hydrogen) atoms. The van der Waals surface area contributed by atoms with E-state index in [0.717, 1.165) is 44.9 Å². The Morgan fingerprint density at radius 3 is 1.13 bits per heavy atom. The highest BCUT2D eigenvalue weighted by molar-refractivity contribution is 5.76. The molecule has 3 aliphatic heterocycles. The summed E-state index contributed by atoms with van der Waals surface area (Å²) in [5.41, 5.74) is 0. The number of aliphatic hydroxyl groups is 11. The van der Waals surface area contributed by atoms with E-state index in [4.69, 9.17) is 28.4 Å². The second-order valence-corrected chi connectivity index (χ2v) is 22.5. The van der Waals surface area contributed by atoms with Gasteiger partial charge in [-0.3, -0.25) is 4.79 Å². The number of unbranched alkanes of at least 4 members (excludes halogenated alkanes) is 30. The molecule has 3 heterocycles. The Kier molecular flexibility index (Phi) is 38.7. The van der Waals surface area contributed by atoms with Gasteiger partial charge in [-0.15, -0.1) is 0 Å². The highest BCUT2D eigenvalue weighted by Gasteiger charge is 2.53. The molecular weight excluding hydrogens is 999 g/mol. The third-order valence-electron chi connectivity index (χ3n) is 15.9. The number of ether oxygens (including phenoxy) is 6. The molecule has 0 aromatic heterocycles. The van der Waals surface area contributed by atoms with Crippen LogP contribution in [0, 0.1) is 0 Å². The zero-order valence-corrected chi connectivity index (χ0v) is 47.5. The number of amides is 1. The molecular formula is C58H111NO18. The fourth-order valence-electron chi connectivity index (χ4n) is 10.8. The lowest BCUT2D eigenvalue weighted by atomic mass is 9.96. The zero-order chi connectivity index (χ0) is 56.2. The van der Waals surface area contributed by atoms with Gasteiger partial charge in [-0.05, 0) is 12.8 Å². The average molecular weight is 1110 g/mol. The molecule has 0 spiro atoms. The number of hydrogen-bond acceptors (Lipinski definition) is 18. The minimum Gasteiger partial charge on any atom is -0.394 e. The van der Waals surface area contributed by atoms with Gasteiger partial charge in [-0.25, -0.2) is 0 Å². The van der Waals surface area contributed by atoms with Crippen molar-refractivity contribution in [2.75, 3.05) is 26.4 Å². The third kappa shape index (κ3) is 26.7. The molecule has 1 amide bonds. The van der Waals surface area contributed by atoms with Crippen LogP contribution in [0.5, 0.6) is 0 Å². The van der Waals surface area contributed by atoms with Crippen LogP contribution >= 0.6 is 0 Å². The van der Waals surface area contributed by atoms with Gasteiger partial charge in [0.15, 0.2) is 18.9 Å². The number of aliphatic hydroxyl groups excluding tert-OH is 11. The topological polar surface area (TPSA) is 307 Å². The molecule has 17 atom stereocenters. The van der Waals surface area contributed by atoms with E-state index in [1.807, 2.05) is 0 Å². The summed E-state index contributed by atoms with van der Waals surface area (Å²) in [5.74, 6) is -0.240. The van der Waals surface area contributed by atoms with Crippen LogP contribution in [0.15, 0.2) is 0 Å². The number of rotatable bonds is 46. The summed E-state index contributed by atoms with van der Waals surface area (Å²) >= 11 is 0. The highest BCUT2D eigenvalue weighted by Crippen LogP contribution is 2.33. The van der Waals surface area contributed by atoms with Crippen LogP contribution in [0.3, 0.4) is 0 Å². The smallest absolute Gasteiger partial charge is 0.220 e. The lowest BCUT2D eigenvalue weighted by molar-refractivity contribution is -0.379. The van der Waals surface area contributed by atoms with E-state index in [0.29, 0.717) is 12.8 Å². The first-order chi connectivity index (χ1) is 37.3. The van der Waals surface area contributed by atoms with Gasteiger partial charge in [0.05, 0.1) is 38.6 Å². The largest absolute Gasteiger partial charge is 0.394 e. The zero-order valence-electron chi connectivity index (χ0n) is 47.5. The molecule has 19 nitrogen and oxygen atoms in total. The van der Waals surface area contributed by atoms with Gasteiger partial charge in [-0.2, -0.15) is 0 Å². The molecule has 0 aliphatic carbocycles. The maximum absolute atomic E-state index is 13.3. The SMILES string of the molecule is CCCCCCCCCCCCCCCCCCCCCCC(O)C(COC1OC(CO)C(OC2OC(CO)C(OC3OC(CO)C(O)C(O)C3O)C(O)C2O)C(O)C1O)NC(=O)CCCCCCCCCCCCCC. The van der Waals surface area contributed by atoms with Gasteiger partial charge in [0, 0.05) is 6.42 Å². The Balaban J connectivity index is 1.47. The second-order valence-electron chi connectivity index (χ2n) is 22.5. The van der Waals surface area contributed by atoms with Gasteiger partial charge in [0.2, 0.25) is 5.91 Å². The predicted octanol–water partition coefficient (Wildman–Crippen LogP) is 5.60. The number of nitrogens with one attached hydrogen (secondary N) is 1. The monoisotopic (exact) mass is 1110 g/mol. The lowest BCUT2D eigenvalue weighted by Gasteiger charge is -2.48. The molecule has 3 aliphatic rings. The van der Waals surface area contributed by atoms with Crippen LogP contribution in [0.4, 0.5) is 0 Å². The minimum atomic E-state index is -1.97. The fraction of sp³-hybridized carbons (Fsp3) is 0.983. The maximum atomic E-state index is 13.3. The van der Waals surface area contributed by atoms with Crippen LogP contribution in [0.2, 0.25) is 0 Å². The van der Waals surface area contributed by atoms with Crippen LogP contribution in [-0.2, 0) is 33.2 Å². The molecule has 3 fully saturated rings. The summed E-state index contributed by atoms with van der Waals surface area (Å²) in [6.45, 7) is 1.80. The van der Waals surface area contributed by atoms with Crippen molar-refractivity contribution in [2.24, 2.45) is 0 Å². The fourth-order valence-corrected chi connectivity index (χ4v) is 10.8. The standard InChI is InChI=1S/C58H111NO18/c1-3-5-7-9-11-13-15-17-18-19-20-21-22-23-24-25-27-29-31-33-35-42(63)41(59-46(64)36-34-32-30-28-26-16-14-12-10-8-6-4-2)40-72-56-52(70)49(67)54(44(38-61)74-56)77-58-53(71)50(68)55(45(39-62)75-58)76-57-51(69)48(66)47(65)43(37-60)73-57/h41-45,47-58,60-63,65-71H,3-40H2,1-2H3,(H,59,64). The summed E-state index contributed by atoms with van der Waals surface area (Å²) < 4.78 is 34.3. The highest BCUT2D eigenvalue weighted by atomic mass is 16.8. The molecule has 0 bridgehead atoms. The van der Waals surface area contributed by atoms with Gasteiger partial charge >= 0.3 is 0 Å². The Labute approximate surface area is 462 Å². The normalized spacial score (nSPS) is 30.6. The maximum Gasteiger partial charge on any atom is 0.220 e. The Hall–Kier alpha value is -1.21.